The minimum atomic E-state index is -3.83. The van der Waals surface area contributed by atoms with Crippen LogP contribution >= 0.6 is 23.2 Å². The maximum Gasteiger partial charge on any atom is 0.262 e. The van der Waals surface area contributed by atoms with Gasteiger partial charge in [0.1, 0.15) is 0 Å². The van der Waals surface area contributed by atoms with E-state index in [2.05, 4.69) is 9.71 Å². The highest BCUT2D eigenvalue weighted by molar-refractivity contribution is 7.93. The number of aryl methyl sites for hydroxylation is 1. The van der Waals surface area contributed by atoms with Crippen LogP contribution in [-0.2, 0) is 10.0 Å². The second kappa shape index (κ2) is 6.00. The summed E-state index contributed by atoms with van der Waals surface area (Å²) in [6.07, 6.45) is 1.56. The third kappa shape index (κ3) is 3.13. The van der Waals surface area contributed by atoms with E-state index in [-0.39, 0.29) is 4.90 Å². The topological polar surface area (TPSA) is 59.1 Å². The van der Waals surface area contributed by atoms with Crippen molar-refractivity contribution in [2.24, 2.45) is 0 Å². The van der Waals surface area contributed by atoms with E-state index in [4.69, 9.17) is 23.2 Å². The Bertz CT molecular complexity index is 1000. The largest absolute Gasteiger partial charge is 0.278 e. The van der Waals surface area contributed by atoms with Crippen LogP contribution in [0.2, 0.25) is 10.0 Å². The Balaban J connectivity index is 2.12. The first-order chi connectivity index (χ1) is 10.9. The van der Waals surface area contributed by atoms with E-state index in [9.17, 15) is 8.42 Å². The van der Waals surface area contributed by atoms with Gasteiger partial charge in [-0.2, -0.15) is 0 Å². The minimum absolute atomic E-state index is 0.0987. The lowest BCUT2D eigenvalue weighted by Gasteiger charge is -2.12. The molecule has 0 aliphatic carbocycles. The lowest BCUT2D eigenvalue weighted by molar-refractivity contribution is 0.602. The van der Waals surface area contributed by atoms with Crippen LogP contribution in [0, 0.1) is 6.92 Å². The van der Waals surface area contributed by atoms with Gasteiger partial charge in [-0.3, -0.25) is 9.71 Å². The van der Waals surface area contributed by atoms with E-state index in [0.29, 0.717) is 26.6 Å². The molecule has 0 saturated heterocycles. The van der Waals surface area contributed by atoms with E-state index in [1.54, 1.807) is 36.5 Å². The van der Waals surface area contributed by atoms with Gasteiger partial charge in [-0.05, 0) is 48.9 Å². The molecule has 0 bridgehead atoms. The fourth-order valence-electron chi connectivity index (χ4n) is 2.25. The molecule has 0 spiro atoms. The van der Waals surface area contributed by atoms with Crippen LogP contribution in [0.1, 0.15) is 5.56 Å². The molecule has 1 N–H and O–H groups in total. The molecule has 2 aromatic carbocycles. The van der Waals surface area contributed by atoms with Gasteiger partial charge in [-0.25, -0.2) is 8.42 Å². The Kier molecular flexibility index (Phi) is 4.19. The lowest BCUT2D eigenvalue weighted by Crippen LogP contribution is -2.14. The van der Waals surface area contributed by atoms with Crippen LogP contribution in [0.5, 0.6) is 0 Å². The fourth-order valence-corrected chi connectivity index (χ4v) is 4.08. The van der Waals surface area contributed by atoms with Crippen LogP contribution in [0.3, 0.4) is 0 Å². The molecule has 4 nitrogen and oxygen atoms in total. The smallest absolute Gasteiger partial charge is 0.262 e. The average molecular weight is 367 g/mol. The number of benzene rings is 2. The van der Waals surface area contributed by atoms with Gasteiger partial charge in [0.15, 0.2) is 0 Å². The summed E-state index contributed by atoms with van der Waals surface area (Å²) in [6.45, 7) is 1.88. The summed E-state index contributed by atoms with van der Waals surface area (Å²) in [7, 11) is -3.83. The molecule has 0 unspecified atom stereocenters. The van der Waals surface area contributed by atoms with E-state index in [0.717, 1.165) is 5.56 Å². The molecule has 0 radical (unpaired) electrons. The third-order valence-electron chi connectivity index (χ3n) is 3.34. The number of hydrogen-bond acceptors (Lipinski definition) is 3. The SMILES string of the molecule is Cc1ccc(NS(=O)(=O)c2ccc(Cl)c3ncccc23)c(Cl)c1. The number of fused-ring (bicyclic) bond motifs is 1. The zero-order valence-electron chi connectivity index (χ0n) is 12.0. The zero-order valence-corrected chi connectivity index (χ0v) is 14.4. The van der Waals surface area contributed by atoms with Crippen molar-refractivity contribution >= 4 is 49.8 Å². The number of nitrogens with zero attached hydrogens (tertiary/aromatic N) is 1. The monoisotopic (exact) mass is 366 g/mol. The molecule has 3 aromatic rings. The van der Waals surface area contributed by atoms with Crippen LogP contribution in [-0.4, -0.2) is 13.4 Å². The van der Waals surface area contributed by atoms with Gasteiger partial charge in [0.2, 0.25) is 0 Å². The molecule has 0 saturated carbocycles. The predicted octanol–water partition coefficient (Wildman–Crippen LogP) is 4.65. The van der Waals surface area contributed by atoms with E-state index in [1.165, 1.54) is 12.1 Å². The van der Waals surface area contributed by atoms with Crippen molar-refractivity contribution in [1.82, 2.24) is 4.98 Å². The van der Waals surface area contributed by atoms with Crippen LogP contribution in [0.4, 0.5) is 5.69 Å². The fraction of sp³-hybridized carbons (Fsp3) is 0.0625. The number of nitrogens with one attached hydrogen (secondary N) is 1. The summed E-state index contributed by atoms with van der Waals surface area (Å²) in [5.74, 6) is 0. The van der Waals surface area contributed by atoms with Crippen molar-refractivity contribution in [3.8, 4) is 0 Å². The number of sulfonamides is 1. The van der Waals surface area contributed by atoms with Gasteiger partial charge >= 0.3 is 0 Å². The molecular formula is C16H12Cl2N2O2S. The second-order valence-corrected chi connectivity index (χ2v) is 7.50. The first-order valence-electron chi connectivity index (χ1n) is 6.71. The van der Waals surface area contributed by atoms with Gasteiger partial charge in [0.25, 0.3) is 10.0 Å². The number of halogens is 2. The second-order valence-electron chi connectivity index (χ2n) is 5.03. The van der Waals surface area contributed by atoms with Gasteiger partial charge in [0.05, 0.1) is 26.1 Å². The minimum Gasteiger partial charge on any atom is -0.278 e. The summed E-state index contributed by atoms with van der Waals surface area (Å²) < 4.78 is 28.0. The number of hydrogen-bond donors (Lipinski definition) is 1. The van der Waals surface area contributed by atoms with Crippen molar-refractivity contribution in [2.75, 3.05) is 4.72 Å². The number of pyridine rings is 1. The van der Waals surface area contributed by atoms with Gasteiger partial charge in [-0.15, -0.1) is 0 Å². The molecular weight excluding hydrogens is 355 g/mol. The number of rotatable bonds is 3. The van der Waals surface area contributed by atoms with Crippen LogP contribution in [0.25, 0.3) is 10.9 Å². The van der Waals surface area contributed by atoms with Crippen LogP contribution in [0.15, 0.2) is 53.6 Å². The van der Waals surface area contributed by atoms with Crippen molar-refractivity contribution in [2.45, 2.75) is 11.8 Å². The molecule has 1 aromatic heterocycles. The van der Waals surface area contributed by atoms with Crippen molar-refractivity contribution < 1.29 is 8.42 Å². The Morgan fingerprint density at radius 3 is 2.57 bits per heavy atom. The average Bonchev–Trinajstić information content (AvgIpc) is 2.50. The molecule has 1 heterocycles. The maximum absolute atomic E-state index is 12.7. The highest BCUT2D eigenvalue weighted by atomic mass is 35.5. The standard InChI is InChI=1S/C16H12Cl2N2O2S/c1-10-4-6-14(13(18)9-10)20-23(21,22)15-7-5-12(17)16-11(15)3-2-8-19-16/h2-9,20H,1H3. The first-order valence-corrected chi connectivity index (χ1v) is 8.94. The Morgan fingerprint density at radius 2 is 1.83 bits per heavy atom. The van der Waals surface area contributed by atoms with Crippen LogP contribution < -0.4 is 4.72 Å². The third-order valence-corrected chi connectivity index (χ3v) is 5.38. The van der Waals surface area contributed by atoms with E-state index < -0.39 is 10.0 Å². The number of anilines is 1. The van der Waals surface area contributed by atoms with E-state index in [1.807, 2.05) is 6.92 Å². The summed E-state index contributed by atoms with van der Waals surface area (Å²) in [5.41, 5.74) is 1.70. The molecule has 0 amide bonds. The molecule has 118 valence electrons. The summed E-state index contributed by atoms with van der Waals surface area (Å²) in [4.78, 5) is 4.24. The van der Waals surface area contributed by atoms with Crippen molar-refractivity contribution in [1.29, 1.82) is 0 Å². The molecule has 0 aliphatic heterocycles. The molecule has 7 heteroatoms. The number of aromatic nitrogens is 1. The molecule has 0 aliphatic rings. The molecule has 0 fully saturated rings. The highest BCUT2D eigenvalue weighted by Gasteiger charge is 2.20. The van der Waals surface area contributed by atoms with Crippen molar-refractivity contribution in [3.63, 3.8) is 0 Å². The summed E-state index contributed by atoms with van der Waals surface area (Å²) in [5, 5.41) is 1.19. The summed E-state index contributed by atoms with van der Waals surface area (Å²) in [6, 6.07) is 11.4. The first kappa shape index (κ1) is 16.1. The normalized spacial score (nSPS) is 11.6. The Morgan fingerprint density at radius 1 is 1.04 bits per heavy atom. The Labute approximate surface area is 144 Å². The van der Waals surface area contributed by atoms with Gasteiger partial charge in [-0.1, -0.05) is 29.3 Å². The molecule has 0 atom stereocenters. The maximum atomic E-state index is 12.7. The Hall–Kier alpha value is -1.82. The zero-order chi connectivity index (χ0) is 16.6. The molecule has 23 heavy (non-hydrogen) atoms. The van der Waals surface area contributed by atoms with E-state index >= 15 is 0 Å². The molecule has 3 rings (SSSR count). The predicted molar refractivity (Wildman–Crippen MR) is 93.8 cm³/mol. The van der Waals surface area contributed by atoms with Gasteiger partial charge in [0, 0.05) is 11.6 Å². The van der Waals surface area contributed by atoms with Gasteiger partial charge < -0.3 is 0 Å². The summed E-state index contributed by atoms with van der Waals surface area (Å²) >= 11 is 12.2. The lowest BCUT2D eigenvalue weighted by atomic mass is 10.2. The van der Waals surface area contributed by atoms with Crippen molar-refractivity contribution in [3.05, 3.63) is 64.3 Å². The highest BCUT2D eigenvalue weighted by Crippen LogP contribution is 2.30. The quantitative estimate of drug-likeness (QED) is 0.733.